The number of anilines is 1. The zero-order chi connectivity index (χ0) is 19.7. The Morgan fingerprint density at radius 2 is 1.75 bits per heavy atom. The lowest BCUT2D eigenvalue weighted by Gasteiger charge is -2.24. The Labute approximate surface area is 164 Å². The van der Waals surface area contributed by atoms with Gasteiger partial charge in [0, 0.05) is 5.70 Å². The molecule has 0 bridgehead atoms. The van der Waals surface area contributed by atoms with Gasteiger partial charge in [-0.15, -0.1) is 0 Å². The average molecular weight is 377 g/mol. The number of fused-ring (bicyclic) bond motifs is 1. The standard InChI is InChI=1S/C21H23N5O2/c1-13(2)14-5-7-15(8-6-14)17-12-18(26-21(22-17)23-24-25-26)16-9-10-19(27-3)20(11-16)28-4/h5-13,18H,1-4H3,(H,22,23,25). The van der Waals surface area contributed by atoms with Gasteiger partial charge in [-0.25, -0.2) is 0 Å². The maximum absolute atomic E-state index is 5.46. The molecule has 2 aromatic carbocycles. The Balaban J connectivity index is 1.75. The van der Waals surface area contributed by atoms with E-state index in [-0.39, 0.29) is 6.04 Å². The second kappa shape index (κ2) is 7.34. The van der Waals surface area contributed by atoms with Crippen molar-refractivity contribution in [2.45, 2.75) is 25.8 Å². The van der Waals surface area contributed by atoms with E-state index < -0.39 is 0 Å². The van der Waals surface area contributed by atoms with E-state index in [4.69, 9.17) is 9.47 Å². The molecule has 1 unspecified atom stereocenters. The summed E-state index contributed by atoms with van der Waals surface area (Å²) in [6, 6.07) is 14.3. The molecule has 0 fully saturated rings. The Morgan fingerprint density at radius 1 is 1.00 bits per heavy atom. The molecule has 1 aliphatic heterocycles. The van der Waals surface area contributed by atoms with Gasteiger partial charge in [0.15, 0.2) is 11.5 Å². The van der Waals surface area contributed by atoms with Gasteiger partial charge in [-0.3, -0.25) is 0 Å². The Bertz CT molecular complexity index is 1010. The van der Waals surface area contributed by atoms with Crippen LogP contribution in [-0.4, -0.2) is 34.4 Å². The smallest absolute Gasteiger partial charge is 0.248 e. The summed E-state index contributed by atoms with van der Waals surface area (Å²) in [6.07, 6.45) is 2.12. The minimum absolute atomic E-state index is 0.161. The van der Waals surface area contributed by atoms with Crippen LogP contribution in [0.2, 0.25) is 0 Å². The van der Waals surface area contributed by atoms with Crippen LogP contribution in [0, 0.1) is 0 Å². The summed E-state index contributed by atoms with van der Waals surface area (Å²) < 4.78 is 12.6. The summed E-state index contributed by atoms with van der Waals surface area (Å²) >= 11 is 0. The number of ether oxygens (including phenoxy) is 2. The van der Waals surface area contributed by atoms with E-state index in [1.807, 2.05) is 18.2 Å². The second-order valence-corrected chi connectivity index (χ2v) is 6.99. The summed E-state index contributed by atoms with van der Waals surface area (Å²) in [6.45, 7) is 4.38. The first-order valence-corrected chi connectivity index (χ1v) is 9.19. The van der Waals surface area contributed by atoms with Crippen molar-refractivity contribution >= 4 is 11.6 Å². The normalized spacial score (nSPS) is 15.6. The van der Waals surface area contributed by atoms with Crippen LogP contribution in [0.5, 0.6) is 11.5 Å². The van der Waals surface area contributed by atoms with Gasteiger partial charge < -0.3 is 14.8 Å². The van der Waals surface area contributed by atoms with Gasteiger partial charge in [-0.05, 0) is 51.2 Å². The van der Waals surface area contributed by atoms with Crippen molar-refractivity contribution in [3.8, 4) is 11.5 Å². The number of tetrazole rings is 1. The lowest BCUT2D eigenvalue weighted by atomic mass is 9.98. The van der Waals surface area contributed by atoms with E-state index in [0.29, 0.717) is 23.4 Å². The van der Waals surface area contributed by atoms with Crippen molar-refractivity contribution in [1.82, 2.24) is 20.2 Å². The highest BCUT2D eigenvalue weighted by molar-refractivity contribution is 5.77. The molecule has 1 atom stereocenters. The van der Waals surface area contributed by atoms with Crippen molar-refractivity contribution in [3.05, 3.63) is 65.2 Å². The number of rotatable bonds is 5. The minimum Gasteiger partial charge on any atom is -0.493 e. The van der Waals surface area contributed by atoms with Gasteiger partial charge in [0.2, 0.25) is 5.95 Å². The van der Waals surface area contributed by atoms with Crippen LogP contribution in [0.15, 0.2) is 48.5 Å². The average Bonchev–Trinajstić information content (AvgIpc) is 3.21. The monoisotopic (exact) mass is 377 g/mol. The van der Waals surface area contributed by atoms with Gasteiger partial charge in [0.05, 0.1) is 14.2 Å². The molecule has 0 spiro atoms. The van der Waals surface area contributed by atoms with Crippen LogP contribution < -0.4 is 14.8 Å². The number of aromatic nitrogens is 4. The third-order valence-corrected chi connectivity index (χ3v) is 4.96. The molecule has 0 radical (unpaired) electrons. The van der Waals surface area contributed by atoms with Crippen molar-refractivity contribution < 1.29 is 9.47 Å². The van der Waals surface area contributed by atoms with Crippen molar-refractivity contribution in [3.63, 3.8) is 0 Å². The first kappa shape index (κ1) is 18.0. The molecule has 2 heterocycles. The molecule has 1 N–H and O–H groups in total. The van der Waals surface area contributed by atoms with Crippen LogP contribution in [0.25, 0.3) is 5.70 Å². The summed E-state index contributed by atoms with van der Waals surface area (Å²) in [5, 5.41) is 15.4. The molecule has 7 heteroatoms. The quantitative estimate of drug-likeness (QED) is 0.728. The van der Waals surface area contributed by atoms with Gasteiger partial charge in [-0.2, -0.15) is 4.68 Å². The summed E-state index contributed by atoms with van der Waals surface area (Å²) in [4.78, 5) is 0. The zero-order valence-electron chi connectivity index (χ0n) is 16.4. The van der Waals surface area contributed by atoms with Crippen LogP contribution >= 0.6 is 0 Å². The van der Waals surface area contributed by atoms with Crippen LogP contribution in [0.3, 0.4) is 0 Å². The number of allylic oxidation sites excluding steroid dienone is 1. The lowest BCUT2D eigenvalue weighted by molar-refractivity contribution is 0.354. The molecular weight excluding hydrogens is 354 g/mol. The number of nitrogens with one attached hydrogen (secondary N) is 1. The van der Waals surface area contributed by atoms with E-state index in [1.54, 1.807) is 18.9 Å². The first-order valence-electron chi connectivity index (χ1n) is 9.19. The zero-order valence-corrected chi connectivity index (χ0v) is 16.4. The minimum atomic E-state index is -0.161. The number of nitrogens with zero attached hydrogens (tertiary/aromatic N) is 4. The summed E-state index contributed by atoms with van der Waals surface area (Å²) in [5.74, 6) is 2.45. The largest absolute Gasteiger partial charge is 0.493 e. The molecule has 4 rings (SSSR count). The molecule has 0 aliphatic carbocycles. The molecule has 0 saturated heterocycles. The molecular formula is C21H23N5O2. The fourth-order valence-electron chi connectivity index (χ4n) is 3.34. The van der Waals surface area contributed by atoms with E-state index in [9.17, 15) is 0 Å². The third kappa shape index (κ3) is 3.19. The van der Waals surface area contributed by atoms with Crippen LogP contribution in [0.1, 0.15) is 42.5 Å². The topological polar surface area (TPSA) is 74.1 Å². The number of methoxy groups -OCH3 is 2. The van der Waals surface area contributed by atoms with Gasteiger partial charge in [0.1, 0.15) is 6.04 Å². The Kier molecular flexibility index (Phi) is 4.73. The van der Waals surface area contributed by atoms with Crippen molar-refractivity contribution in [1.29, 1.82) is 0 Å². The van der Waals surface area contributed by atoms with Gasteiger partial charge in [0.25, 0.3) is 0 Å². The number of hydrogen-bond donors (Lipinski definition) is 1. The Hall–Kier alpha value is -3.35. The highest BCUT2D eigenvalue weighted by atomic mass is 16.5. The predicted octanol–water partition coefficient (Wildman–Crippen LogP) is 3.87. The Morgan fingerprint density at radius 3 is 2.43 bits per heavy atom. The van der Waals surface area contributed by atoms with Gasteiger partial charge in [-0.1, -0.05) is 49.3 Å². The molecule has 7 nitrogen and oxygen atoms in total. The predicted molar refractivity (Wildman–Crippen MR) is 108 cm³/mol. The summed E-state index contributed by atoms with van der Waals surface area (Å²) in [7, 11) is 3.25. The van der Waals surface area contributed by atoms with Gasteiger partial charge >= 0.3 is 0 Å². The van der Waals surface area contributed by atoms with Crippen molar-refractivity contribution in [2.24, 2.45) is 0 Å². The van der Waals surface area contributed by atoms with E-state index in [0.717, 1.165) is 16.8 Å². The first-order chi connectivity index (χ1) is 13.6. The van der Waals surface area contributed by atoms with Crippen LogP contribution in [-0.2, 0) is 0 Å². The molecule has 0 amide bonds. The second-order valence-electron chi connectivity index (χ2n) is 6.99. The molecule has 1 aliphatic rings. The fraction of sp³-hybridized carbons (Fsp3) is 0.286. The third-order valence-electron chi connectivity index (χ3n) is 4.96. The van der Waals surface area contributed by atoms with Crippen molar-refractivity contribution in [2.75, 3.05) is 19.5 Å². The fourth-order valence-corrected chi connectivity index (χ4v) is 3.34. The SMILES string of the molecule is COc1ccc(C2C=C(c3ccc(C(C)C)cc3)Nc3nnnn32)cc1OC. The highest BCUT2D eigenvalue weighted by Gasteiger charge is 2.25. The van der Waals surface area contributed by atoms with E-state index in [2.05, 4.69) is 65.0 Å². The molecule has 144 valence electrons. The summed E-state index contributed by atoms with van der Waals surface area (Å²) in [5.41, 5.74) is 4.37. The maximum Gasteiger partial charge on any atom is 0.248 e. The van der Waals surface area contributed by atoms with E-state index >= 15 is 0 Å². The lowest BCUT2D eigenvalue weighted by Crippen LogP contribution is -2.20. The molecule has 0 saturated carbocycles. The molecule has 28 heavy (non-hydrogen) atoms. The number of hydrogen-bond acceptors (Lipinski definition) is 6. The highest BCUT2D eigenvalue weighted by Crippen LogP contribution is 2.36. The van der Waals surface area contributed by atoms with E-state index in [1.165, 1.54) is 5.56 Å². The molecule has 1 aromatic heterocycles. The maximum atomic E-state index is 5.46. The number of benzene rings is 2. The van der Waals surface area contributed by atoms with Crippen LogP contribution in [0.4, 0.5) is 5.95 Å². The molecule has 3 aromatic rings.